The van der Waals surface area contributed by atoms with Crippen molar-refractivity contribution in [1.82, 2.24) is 9.97 Å². The largest absolute Gasteiger partial charge is 0.365 e. The van der Waals surface area contributed by atoms with Crippen LogP contribution < -0.4 is 10.6 Å². The van der Waals surface area contributed by atoms with E-state index in [0.29, 0.717) is 5.95 Å². The lowest BCUT2D eigenvalue weighted by molar-refractivity contribution is 0.630. The fourth-order valence-electron chi connectivity index (χ4n) is 2.36. The molecule has 1 heterocycles. The minimum Gasteiger partial charge on any atom is -0.365 e. The first kappa shape index (κ1) is 16.0. The van der Waals surface area contributed by atoms with Gasteiger partial charge in [0.15, 0.2) is 0 Å². The highest BCUT2D eigenvalue weighted by Crippen LogP contribution is 2.24. The molecule has 0 unspecified atom stereocenters. The first-order valence-electron chi connectivity index (χ1n) is 8.04. The Morgan fingerprint density at radius 1 is 0.792 bits per heavy atom. The maximum atomic E-state index is 4.67. The Bertz CT molecular complexity index is 793. The van der Waals surface area contributed by atoms with E-state index in [1.54, 1.807) is 0 Å². The van der Waals surface area contributed by atoms with Gasteiger partial charge in [0.25, 0.3) is 0 Å². The number of rotatable bonds is 4. The molecule has 0 bridgehead atoms. The van der Waals surface area contributed by atoms with Crippen LogP contribution >= 0.6 is 0 Å². The van der Waals surface area contributed by atoms with E-state index in [1.165, 1.54) is 0 Å². The van der Waals surface area contributed by atoms with Crippen LogP contribution in [0.4, 0.5) is 17.5 Å². The normalized spacial score (nSPS) is 11.1. The van der Waals surface area contributed by atoms with E-state index >= 15 is 0 Å². The first-order chi connectivity index (χ1) is 11.5. The van der Waals surface area contributed by atoms with E-state index in [4.69, 9.17) is 0 Å². The van der Waals surface area contributed by atoms with Crippen LogP contribution in [0.1, 0.15) is 20.8 Å². The predicted molar refractivity (Wildman–Crippen MR) is 101 cm³/mol. The monoisotopic (exact) mass is 318 g/mol. The fourth-order valence-corrected chi connectivity index (χ4v) is 2.36. The number of hydrogen-bond donors (Lipinski definition) is 2. The lowest BCUT2D eigenvalue weighted by Crippen LogP contribution is -2.26. The molecule has 0 spiro atoms. The second-order valence-electron chi connectivity index (χ2n) is 6.69. The molecule has 3 aromatic rings. The Morgan fingerprint density at radius 2 is 1.42 bits per heavy atom. The molecule has 4 heteroatoms. The summed E-state index contributed by atoms with van der Waals surface area (Å²) in [6, 6.07) is 22.1. The molecule has 2 aromatic carbocycles. The quantitative estimate of drug-likeness (QED) is 0.703. The smallest absolute Gasteiger partial charge is 0.229 e. The molecule has 24 heavy (non-hydrogen) atoms. The van der Waals surface area contributed by atoms with Crippen LogP contribution in [0.15, 0.2) is 66.7 Å². The van der Waals surface area contributed by atoms with Crippen molar-refractivity contribution in [1.29, 1.82) is 0 Å². The molecule has 0 aliphatic carbocycles. The lowest BCUT2D eigenvalue weighted by Gasteiger charge is -2.22. The molecular formula is C20H22N4. The summed E-state index contributed by atoms with van der Waals surface area (Å²) in [5.41, 5.74) is 2.83. The third-order valence-electron chi connectivity index (χ3n) is 3.33. The number of hydrogen-bond acceptors (Lipinski definition) is 4. The van der Waals surface area contributed by atoms with Crippen molar-refractivity contribution in [2.24, 2.45) is 0 Å². The summed E-state index contributed by atoms with van der Waals surface area (Å²) < 4.78 is 0. The number of aromatic nitrogens is 2. The second kappa shape index (κ2) is 6.71. The molecule has 0 atom stereocenters. The van der Waals surface area contributed by atoms with Crippen molar-refractivity contribution in [2.45, 2.75) is 26.3 Å². The van der Waals surface area contributed by atoms with Gasteiger partial charge in [0.2, 0.25) is 5.95 Å². The van der Waals surface area contributed by atoms with Gasteiger partial charge >= 0.3 is 0 Å². The van der Waals surface area contributed by atoms with Gasteiger partial charge in [-0.05, 0) is 32.9 Å². The van der Waals surface area contributed by atoms with Gasteiger partial charge in [0.1, 0.15) is 5.82 Å². The molecule has 2 N–H and O–H groups in total. The van der Waals surface area contributed by atoms with E-state index in [1.807, 2.05) is 54.6 Å². The van der Waals surface area contributed by atoms with Crippen molar-refractivity contribution in [3.8, 4) is 11.3 Å². The molecule has 1 aromatic heterocycles. The molecule has 0 saturated carbocycles. The van der Waals surface area contributed by atoms with Gasteiger partial charge in [0.05, 0.1) is 5.69 Å². The standard InChI is InChI=1S/C20H22N4/c1-20(2,3)24-18-14-17(15-10-6-4-7-11-15)22-19(23-18)21-16-12-8-5-9-13-16/h4-14H,1-3H3,(H2,21,22,23,24). The molecule has 4 nitrogen and oxygen atoms in total. The van der Waals surface area contributed by atoms with Gasteiger partial charge in [-0.25, -0.2) is 4.98 Å². The molecule has 0 aliphatic heterocycles. The third kappa shape index (κ3) is 4.32. The highest BCUT2D eigenvalue weighted by Gasteiger charge is 2.13. The Hall–Kier alpha value is -2.88. The zero-order valence-corrected chi connectivity index (χ0v) is 14.2. The zero-order valence-electron chi connectivity index (χ0n) is 14.2. The van der Waals surface area contributed by atoms with Crippen LogP contribution in [0.5, 0.6) is 0 Å². The van der Waals surface area contributed by atoms with Crippen molar-refractivity contribution >= 4 is 17.5 Å². The molecule has 0 aliphatic rings. The number of para-hydroxylation sites is 1. The summed E-state index contributed by atoms with van der Waals surface area (Å²) in [7, 11) is 0. The molecule has 122 valence electrons. The second-order valence-corrected chi connectivity index (χ2v) is 6.69. The van der Waals surface area contributed by atoms with Crippen LogP contribution in [0, 0.1) is 0 Å². The summed E-state index contributed by atoms with van der Waals surface area (Å²) in [5, 5.41) is 6.70. The predicted octanol–water partition coefficient (Wildman–Crippen LogP) is 5.10. The van der Waals surface area contributed by atoms with Gasteiger partial charge in [0, 0.05) is 22.9 Å². The van der Waals surface area contributed by atoms with Gasteiger partial charge in [-0.3, -0.25) is 0 Å². The van der Waals surface area contributed by atoms with Crippen LogP contribution in [-0.4, -0.2) is 15.5 Å². The van der Waals surface area contributed by atoms with Gasteiger partial charge < -0.3 is 10.6 Å². The van der Waals surface area contributed by atoms with E-state index in [0.717, 1.165) is 22.8 Å². The summed E-state index contributed by atoms with van der Waals surface area (Å²) in [5.74, 6) is 1.38. The van der Waals surface area contributed by atoms with Crippen molar-refractivity contribution in [2.75, 3.05) is 10.6 Å². The van der Waals surface area contributed by atoms with E-state index in [2.05, 4.69) is 53.5 Å². The number of nitrogens with one attached hydrogen (secondary N) is 2. The number of nitrogens with zero attached hydrogens (tertiary/aromatic N) is 2. The zero-order chi connectivity index (χ0) is 17.0. The Kier molecular flexibility index (Phi) is 4.47. The van der Waals surface area contributed by atoms with Gasteiger partial charge in [-0.2, -0.15) is 4.98 Å². The minimum atomic E-state index is -0.0771. The third-order valence-corrected chi connectivity index (χ3v) is 3.33. The van der Waals surface area contributed by atoms with Crippen LogP contribution in [-0.2, 0) is 0 Å². The SMILES string of the molecule is CC(C)(C)Nc1cc(-c2ccccc2)nc(Nc2ccccc2)n1. The topological polar surface area (TPSA) is 49.8 Å². The maximum absolute atomic E-state index is 4.67. The highest BCUT2D eigenvalue weighted by molar-refractivity contribution is 5.66. The molecular weight excluding hydrogens is 296 g/mol. The van der Waals surface area contributed by atoms with Crippen molar-refractivity contribution in [3.05, 3.63) is 66.7 Å². The average Bonchev–Trinajstić information content (AvgIpc) is 2.55. The molecule has 0 amide bonds. The van der Waals surface area contributed by atoms with Gasteiger partial charge in [-0.15, -0.1) is 0 Å². The summed E-state index contributed by atoms with van der Waals surface area (Å²) in [6.45, 7) is 6.34. The summed E-state index contributed by atoms with van der Waals surface area (Å²) in [4.78, 5) is 9.27. The van der Waals surface area contributed by atoms with Crippen LogP contribution in [0.2, 0.25) is 0 Å². The van der Waals surface area contributed by atoms with Crippen LogP contribution in [0.3, 0.4) is 0 Å². The first-order valence-corrected chi connectivity index (χ1v) is 8.04. The Labute approximate surface area is 143 Å². The maximum Gasteiger partial charge on any atom is 0.229 e. The molecule has 0 radical (unpaired) electrons. The molecule has 3 rings (SSSR count). The van der Waals surface area contributed by atoms with E-state index in [9.17, 15) is 0 Å². The van der Waals surface area contributed by atoms with Crippen molar-refractivity contribution < 1.29 is 0 Å². The minimum absolute atomic E-state index is 0.0771. The van der Waals surface area contributed by atoms with Gasteiger partial charge in [-0.1, -0.05) is 48.5 Å². The molecule has 0 saturated heterocycles. The summed E-state index contributed by atoms with van der Waals surface area (Å²) >= 11 is 0. The summed E-state index contributed by atoms with van der Waals surface area (Å²) in [6.07, 6.45) is 0. The molecule has 0 fully saturated rings. The lowest BCUT2D eigenvalue weighted by atomic mass is 10.1. The van der Waals surface area contributed by atoms with Crippen molar-refractivity contribution in [3.63, 3.8) is 0 Å². The Balaban J connectivity index is 1.99. The van der Waals surface area contributed by atoms with Crippen LogP contribution in [0.25, 0.3) is 11.3 Å². The highest BCUT2D eigenvalue weighted by atomic mass is 15.2. The average molecular weight is 318 g/mol. The van der Waals surface area contributed by atoms with E-state index in [-0.39, 0.29) is 5.54 Å². The Morgan fingerprint density at radius 3 is 2.04 bits per heavy atom. The number of benzene rings is 2. The fraction of sp³-hybridized carbons (Fsp3) is 0.200. The van der Waals surface area contributed by atoms with E-state index < -0.39 is 0 Å². The number of anilines is 3.